The number of carbonyl (C=O) groups is 1. The Bertz CT molecular complexity index is 645. The molecule has 0 aliphatic heterocycles. The fraction of sp³-hybridized carbons (Fsp3) is 0.125. The number of carbonyl (C=O) groups excluding carboxylic acids is 1. The molecule has 4 nitrogen and oxygen atoms in total. The Morgan fingerprint density at radius 3 is 2.76 bits per heavy atom. The van der Waals surface area contributed by atoms with E-state index in [2.05, 4.69) is 17.1 Å². The van der Waals surface area contributed by atoms with Gasteiger partial charge in [-0.05, 0) is 48.2 Å². The van der Waals surface area contributed by atoms with Crippen molar-refractivity contribution in [1.29, 1.82) is 0 Å². The van der Waals surface area contributed by atoms with Crippen LogP contribution in [0.2, 0.25) is 0 Å². The number of hydrogen-bond acceptors (Lipinski definition) is 4. The molecular formula is C16H16N2O2S. The molecule has 5 heteroatoms. The minimum Gasteiger partial charge on any atom is -0.490 e. The highest BCUT2D eigenvalue weighted by molar-refractivity contribution is 7.11. The van der Waals surface area contributed by atoms with Crippen molar-refractivity contribution in [3.05, 3.63) is 64.4 Å². The molecule has 1 aromatic heterocycles. The van der Waals surface area contributed by atoms with Gasteiger partial charge < -0.3 is 4.74 Å². The third-order valence-electron chi connectivity index (χ3n) is 2.73. The van der Waals surface area contributed by atoms with Gasteiger partial charge >= 0.3 is 0 Å². The topological polar surface area (TPSA) is 50.7 Å². The summed E-state index contributed by atoms with van der Waals surface area (Å²) in [5.41, 5.74) is 4.18. The van der Waals surface area contributed by atoms with Gasteiger partial charge in [-0.2, -0.15) is 5.10 Å². The van der Waals surface area contributed by atoms with Gasteiger partial charge in [-0.15, -0.1) is 11.3 Å². The summed E-state index contributed by atoms with van der Waals surface area (Å²) < 4.78 is 5.36. The third-order valence-corrected chi connectivity index (χ3v) is 3.69. The predicted octanol–water partition coefficient (Wildman–Crippen LogP) is 3.39. The summed E-state index contributed by atoms with van der Waals surface area (Å²) in [6.07, 6.45) is 3.32. The first-order chi connectivity index (χ1) is 10.2. The van der Waals surface area contributed by atoms with Crippen LogP contribution in [-0.4, -0.2) is 18.7 Å². The Kier molecular flexibility index (Phi) is 5.29. The van der Waals surface area contributed by atoms with E-state index in [0.717, 1.165) is 10.4 Å². The lowest BCUT2D eigenvalue weighted by Crippen LogP contribution is -2.17. The van der Waals surface area contributed by atoms with E-state index in [-0.39, 0.29) is 5.91 Å². The second-order valence-electron chi connectivity index (χ2n) is 4.29. The Morgan fingerprint density at radius 2 is 2.14 bits per heavy atom. The largest absolute Gasteiger partial charge is 0.490 e. The molecule has 0 aliphatic carbocycles. The van der Waals surface area contributed by atoms with Gasteiger partial charge in [0, 0.05) is 10.4 Å². The van der Waals surface area contributed by atoms with Crippen molar-refractivity contribution >= 4 is 23.5 Å². The maximum Gasteiger partial charge on any atom is 0.271 e. The molecule has 0 radical (unpaired) electrons. The zero-order valence-corrected chi connectivity index (χ0v) is 12.5. The zero-order valence-electron chi connectivity index (χ0n) is 11.7. The number of nitrogens with one attached hydrogen (secondary N) is 1. The molecule has 0 atom stereocenters. The molecule has 0 spiro atoms. The second kappa shape index (κ2) is 7.40. The van der Waals surface area contributed by atoms with Crippen molar-refractivity contribution in [2.24, 2.45) is 5.10 Å². The van der Waals surface area contributed by atoms with E-state index in [1.165, 1.54) is 0 Å². The summed E-state index contributed by atoms with van der Waals surface area (Å²) in [6, 6.07) is 8.88. The fourth-order valence-corrected chi connectivity index (χ4v) is 2.37. The molecule has 2 aromatic rings. The van der Waals surface area contributed by atoms with Gasteiger partial charge in [-0.3, -0.25) is 4.79 Å². The monoisotopic (exact) mass is 300 g/mol. The molecule has 0 aliphatic rings. The predicted molar refractivity (Wildman–Crippen MR) is 86.3 cm³/mol. The van der Waals surface area contributed by atoms with Crippen LogP contribution < -0.4 is 10.2 Å². The Balaban J connectivity index is 1.92. The summed E-state index contributed by atoms with van der Waals surface area (Å²) in [5.74, 6) is 0.444. The Morgan fingerprint density at radius 1 is 1.38 bits per heavy atom. The van der Waals surface area contributed by atoms with E-state index in [1.807, 2.05) is 18.4 Å². The molecule has 1 aromatic carbocycles. The average molecular weight is 300 g/mol. The van der Waals surface area contributed by atoms with Crippen molar-refractivity contribution in [3.63, 3.8) is 0 Å². The Hall–Kier alpha value is -2.40. The van der Waals surface area contributed by atoms with Gasteiger partial charge in [0.1, 0.15) is 12.4 Å². The molecule has 0 fully saturated rings. The maximum atomic E-state index is 11.9. The van der Waals surface area contributed by atoms with Gasteiger partial charge in [0.25, 0.3) is 5.91 Å². The van der Waals surface area contributed by atoms with Crippen LogP contribution in [-0.2, 0) is 0 Å². The van der Waals surface area contributed by atoms with Gasteiger partial charge in [0.2, 0.25) is 0 Å². The minimum atomic E-state index is -0.254. The fourth-order valence-electron chi connectivity index (χ4n) is 1.59. The van der Waals surface area contributed by atoms with Crippen LogP contribution in [0.25, 0.3) is 0 Å². The van der Waals surface area contributed by atoms with E-state index in [0.29, 0.717) is 17.9 Å². The number of rotatable bonds is 6. The molecule has 1 N–H and O–H groups in total. The number of thiophene rings is 1. The van der Waals surface area contributed by atoms with Gasteiger partial charge in [0.15, 0.2) is 0 Å². The number of nitrogens with zero attached hydrogens (tertiary/aromatic N) is 1. The number of amides is 1. The molecule has 1 heterocycles. The minimum absolute atomic E-state index is 0.254. The molecule has 1 amide bonds. The highest BCUT2D eigenvalue weighted by atomic mass is 32.1. The smallest absolute Gasteiger partial charge is 0.271 e. The lowest BCUT2D eigenvalue weighted by Gasteiger charge is -2.04. The molecule has 0 unspecified atom stereocenters. The summed E-state index contributed by atoms with van der Waals surface area (Å²) in [5, 5.41) is 5.95. The Labute approximate surface area is 127 Å². The van der Waals surface area contributed by atoms with Crippen molar-refractivity contribution < 1.29 is 9.53 Å². The lowest BCUT2D eigenvalue weighted by atomic mass is 10.2. The third kappa shape index (κ3) is 4.29. The van der Waals surface area contributed by atoms with Gasteiger partial charge in [-0.1, -0.05) is 12.7 Å². The van der Waals surface area contributed by atoms with E-state index in [4.69, 9.17) is 4.74 Å². The number of aryl methyl sites for hydroxylation is 1. The molecule has 0 saturated heterocycles. The van der Waals surface area contributed by atoms with Crippen molar-refractivity contribution in [2.75, 3.05) is 6.61 Å². The summed E-state index contributed by atoms with van der Waals surface area (Å²) in [6.45, 7) is 6.02. The molecule has 0 bridgehead atoms. The SMILES string of the molecule is C=CCOc1ccc(C(=O)N/N=C/c2sccc2C)cc1. The van der Waals surface area contributed by atoms with Crippen LogP contribution in [0, 0.1) is 6.92 Å². The van der Waals surface area contributed by atoms with Crippen molar-refractivity contribution in [1.82, 2.24) is 5.43 Å². The van der Waals surface area contributed by atoms with Crippen LogP contribution >= 0.6 is 11.3 Å². The maximum absolute atomic E-state index is 11.9. The van der Waals surface area contributed by atoms with Crippen LogP contribution in [0.3, 0.4) is 0 Å². The summed E-state index contributed by atoms with van der Waals surface area (Å²) >= 11 is 1.58. The highest BCUT2D eigenvalue weighted by Gasteiger charge is 2.04. The van der Waals surface area contributed by atoms with Gasteiger partial charge in [-0.25, -0.2) is 5.43 Å². The normalized spacial score (nSPS) is 10.5. The van der Waals surface area contributed by atoms with Crippen LogP contribution in [0.15, 0.2) is 53.5 Å². The zero-order chi connectivity index (χ0) is 15.1. The number of hydrogen-bond donors (Lipinski definition) is 1. The van der Waals surface area contributed by atoms with Crippen LogP contribution in [0.1, 0.15) is 20.8 Å². The van der Waals surface area contributed by atoms with Crippen LogP contribution in [0.5, 0.6) is 5.75 Å². The molecular weight excluding hydrogens is 284 g/mol. The first-order valence-electron chi connectivity index (χ1n) is 6.42. The van der Waals surface area contributed by atoms with E-state index < -0.39 is 0 Å². The number of hydrazone groups is 1. The lowest BCUT2D eigenvalue weighted by molar-refractivity contribution is 0.0955. The van der Waals surface area contributed by atoms with Gasteiger partial charge in [0.05, 0.1) is 6.21 Å². The number of ether oxygens (including phenoxy) is 1. The molecule has 0 saturated carbocycles. The number of benzene rings is 1. The molecule has 2 rings (SSSR count). The van der Waals surface area contributed by atoms with E-state index in [1.54, 1.807) is 47.9 Å². The first kappa shape index (κ1) is 15.0. The summed E-state index contributed by atoms with van der Waals surface area (Å²) in [4.78, 5) is 12.9. The van der Waals surface area contributed by atoms with Crippen LogP contribution in [0.4, 0.5) is 0 Å². The van der Waals surface area contributed by atoms with E-state index in [9.17, 15) is 4.79 Å². The molecule has 108 valence electrons. The summed E-state index contributed by atoms with van der Waals surface area (Å²) in [7, 11) is 0. The first-order valence-corrected chi connectivity index (χ1v) is 7.30. The standard InChI is InChI=1S/C16H16N2O2S/c1-3-9-20-14-6-4-13(5-7-14)16(19)18-17-11-15-12(2)8-10-21-15/h3-8,10-11H,1,9H2,2H3,(H,18,19)/b17-11+. The second-order valence-corrected chi connectivity index (χ2v) is 5.24. The average Bonchev–Trinajstić information content (AvgIpc) is 2.91. The van der Waals surface area contributed by atoms with Crippen molar-refractivity contribution in [3.8, 4) is 5.75 Å². The molecule has 21 heavy (non-hydrogen) atoms. The quantitative estimate of drug-likeness (QED) is 0.505. The highest BCUT2D eigenvalue weighted by Crippen LogP contribution is 2.13. The van der Waals surface area contributed by atoms with E-state index >= 15 is 0 Å². The van der Waals surface area contributed by atoms with Crippen molar-refractivity contribution in [2.45, 2.75) is 6.92 Å².